The molecule has 0 aliphatic heterocycles. The summed E-state index contributed by atoms with van der Waals surface area (Å²) in [6, 6.07) is 10.8. The molecular weight excluding hydrogens is 218 g/mol. The minimum absolute atomic E-state index is 0.430. The summed E-state index contributed by atoms with van der Waals surface area (Å²) in [5, 5.41) is 2.58. The average molecular weight is 244 g/mol. The van der Waals surface area contributed by atoms with Crippen molar-refractivity contribution in [3.05, 3.63) is 48.0 Å². The van der Waals surface area contributed by atoms with Gasteiger partial charge in [-0.3, -0.25) is 0 Å². The van der Waals surface area contributed by atoms with Crippen LogP contribution in [0.2, 0.25) is 0 Å². The minimum Gasteiger partial charge on any atom is -0.337 e. The van der Waals surface area contributed by atoms with E-state index in [4.69, 9.17) is 0 Å². The number of rotatable bonds is 5. The van der Waals surface area contributed by atoms with Crippen LogP contribution in [0, 0.1) is 0 Å². The molecule has 0 bridgehead atoms. The molecule has 18 heavy (non-hydrogen) atoms. The van der Waals surface area contributed by atoms with Gasteiger partial charge in [0.15, 0.2) is 0 Å². The standard InChI is InChI=1S/C17H25N/c1-15(2)13-17(11-7-4-8-12-17)18-14-16-9-5-3-6-10-16/h3,5-6,9-10,18H,1,4,7-8,11-14H2,2H3/p+1. The quantitative estimate of drug-likeness (QED) is 0.764. The molecule has 2 rings (SSSR count). The van der Waals surface area contributed by atoms with E-state index in [2.05, 4.69) is 49.2 Å². The van der Waals surface area contributed by atoms with Crippen molar-refractivity contribution in [1.29, 1.82) is 0 Å². The summed E-state index contributed by atoms with van der Waals surface area (Å²) >= 11 is 0. The zero-order chi connectivity index (χ0) is 12.8. The van der Waals surface area contributed by atoms with E-state index in [0.717, 1.165) is 6.54 Å². The van der Waals surface area contributed by atoms with Crippen LogP contribution in [0.25, 0.3) is 0 Å². The molecular formula is C17H26N+. The van der Waals surface area contributed by atoms with Gasteiger partial charge in [-0.15, -0.1) is 0 Å². The van der Waals surface area contributed by atoms with E-state index in [9.17, 15) is 0 Å². The van der Waals surface area contributed by atoms with E-state index in [1.165, 1.54) is 49.7 Å². The lowest BCUT2D eigenvalue weighted by atomic mass is 9.77. The highest BCUT2D eigenvalue weighted by atomic mass is 15.0. The summed E-state index contributed by atoms with van der Waals surface area (Å²) in [6.07, 6.45) is 8.08. The Morgan fingerprint density at radius 1 is 1.17 bits per heavy atom. The van der Waals surface area contributed by atoms with E-state index < -0.39 is 0 Å². The van der Waals surface area contributed by atoms with Gasteiger partial charge in [0.05, 0.1) is 0 Å². The van der Waals surface area contributed by atoms with Crippen molar-refractivity contribution >= 4 is 0 Å². The van der Waals surface area contributed by atoms with Crippen LogP contribution >= 0.6 is 0 Å². The second kappa shape index (κ2) is 6.19. The SMILES string of the molecule is C=C(C)CC1([NH2+]Cc2ccccc2)CCCCC1. The zero-order valence-electron chi connectivity index (χ0n) is 11.6. The molecule has 1 heteroatoms. The van der Waals surface area contributed by atoms with E-state index in [1.54, 1.807) is 0 Å². The van der Waals surface area contributed by atoms with Gasteiger partial charge in [-0.2, -0.15) is 0 Å². The van der Waals surface area contributed by atoms with Gasteiger partial charge in [0, 0.05) is 24.8 Å². The highest BCUT2D eigenvalue weighted by Gasteiger charge is 2.35. The summed E-state index contributed by atoms with van der Waals surface area (Å²) < 4.78 is 0. The fourth-order valence-electron chi connectivity index (χ4n) is 3.26. The fourth-order valence-corrected chi connectivity index (χ4v) is 3.26. The number of quaternary nitrogens is 1. The van der Waals surface area contributed by atoms with Crippen LogP contribution in [-0.2, 0) is 6.54 Å². The predicted octanol–water partition coefficient (Wildman–Crippen LogP) is 3.42. The monoisotopic (exact) mass is 244 g/mol. The largest absolute Gasteiger partial charge is 0.337 e. The van der Waals surface area contributed by atoms with Crippen LogP contribution in [0.5, 0.6) is 0 Å². The normalized spacial score (nSPS) is 18.5. The molecule has 1 aliphatic rings. The highest BCUT2D eigenvalue weighted by molar-refractivity contribution is 5.13. The number of benzene rings is 1. The van der Waals surface area contributed by atoms with E-state index in [0.29, 0.717) is 5.54 Å². The maximum Gasteiger partial charge on any atom is 0.102 e. The topological polar surface area (TPSA) is 16.6 Å². The Morgan fingerprint density at radius 2 is 1.83 bits per heavy atom. The zero-order valence-corrected chi connectivity index (χ0v) is 11.6. The van der Waals surface area contributed by atoms with Crippen LogP contribution in [0.1, 0.15) is 51.0 Å². The van der Waals surface area contributed by atoms with E-state index in [-0.39, 0.29) is 0 Å². The number of nitrogens with two attached hydrogens (primary N) is 1. The van der Waals surface area contributed by atoms with Gasteiger partial charge in [0.1, 0.15) is 12.1 Å². The van der Waals surface area contributed by atoms with Crippen molar-refractivity contribution in [2.45, 2.75) is 57.5 Å². The second-order valence-electron chi connectivity index (χ2n) is 5.95. The van der Waals surface area contributed by atoms with Crippen molar-refractivity contribution in [2.24, 2.45) is 0 Å². The molecule has 0 heterocycles. The molecule has 1 saturated carbocycles. The molecule has 0 radical (unpaired) electrons. The lowest BCUT2D eigenvalue weighted by Crippen LogP contribution is -2.95. The molecule has 1 aliphatic carbocycles. The minimum atomic E-state index is 0.430. The molecule has 1 aromatic carbocycles. The third-order valence-corrected chi connectivity index (χ3v) is 4.12. The van der Waals surface area contributed by atoms with Gasteiger partial charge in [-0.1, -0.05) is 48.9 Å². The van der Waals surface area contributed by atoms with Gasteiger partial charge in [0.25, 0.3) is 0 Å². The van der Waals surface area contributed by atoms with Crippen molar-refractivity contribution in [3.63, 3.8) is 0 Å². The van der Waals surface area contributed by atoms with Crippen molar-refractivity contribution in [3.8, 4) is 0 Å². The Hall–Kier alpha value is -1.08. The first-order chi connectivity index (χ1) is 8.70. The van der Waals surface area contributed by atoms with Gasteiger partial charge < -0.3 is 5.32 Å². The molecule has 2 N–H and O–H groups in total. The van der Waals surface area contributed by atoms with E-state index >= 15 is 0 Å². The lowest BCUT2D eigenvalue weighted by molar-refractivity contribution is -0.744. The first-order valence-electron chi connectivity index (χ1n) is 7.23. The Kier molecular flexibility index (Phi) is 4.60. The Labute approximate surface area is 111 Å². The number of hydrogen-bond donors (Lipinski definition) is 1. The molecule has 0 amide bonds. The fraction of sp³-hybridized carbons (Fsp3) is 0.529. The van der Waals surface area contributed by atoms with Gasteiger partial charge in [0.2, 0.25) is 0 Å². The van der Waals surface area contributed by atoms with Crippen molar-refractivity contribution < 1.29 is 5.32 Å². The molecule has 0 spiro atoms. The van der Waals surface area contributed by atoms with Crippen LogP contribution < -0.4 is 5.32 Å². The summed E-state index contributed by atoms with van der Waals surface area (Å²) in [4.78, 5) is 0. The third kappa shape index (κ3) is 3.71. The Bertz CT molecular complexity index is 374. The number of hydrogen-bond acceptors (Lipinski definition) is 0. The van der Waals surface area contributed by atoms with Crippen molar-refractivity contribution in [2.75, 3.05) is 0 Å². The lowest BCUT2D eigenvalue weighted by Gasteiger charge is -2.35. The van der Waals surface area contributed by atoms with Crippen molar-refractivity contribution in [1.82, 2.24) is 0 Å². The molecule has 1 aromatic rings. The Balaban J connectivity index is 1.99. The predicted molar refractivity (Wildman–Crippen MR) is 77.3 cm³/mol. The molecule has 1 nitrogen and oxygen atoms in total. The molecule has 0 saturated heterocycles. The summed E-state index contributed by atoms with van der Waals surface area (Å²) in [6.45, 7) is 7.41. The molecule has 0 aromatic heterocycles. The molecule has 0 atom stereocenters. The van der Waals surface area contributed by atoms with Crippen LogP contribution in [0.15, 0.2) is 42.5 Å². The molecule has 98 valence electrons. The van der Waals surface area contributed by atoms with Gasteiger partial charge in [-0.05, 0) is 19.8 Å². The van der Waals surface area contributed by atoms with Crippen LogP contribution in [0.4, 0.5) is 0 Å². The van der Waals surface area contributed by atoms with Gasteiger partial charge >= 0.3 is 0 Å². The third-order valence-electron chi connectivity index (χ3n) is 4.12. The first kappa shape index (κ1) is 13.4. The average Bonchev–Trinajstić information content (AvgIpc) is 2.38. The van der Waals surface area contributed by atoms with E-state index in [1.807, 2.05) is 0 Å². The first-order valence-corrected chi connectivity index (χ1v) is 7.23. The molecule has 0 unspecified atom stereocenters. The summed E-state index contributed by atoms with van der Waals surface area (Å²) in [7, 11) is 0. The Morgan fingerprint density at radius 3 is 2.44 bits per heavy atom. The summed E-state index contributed by atoms with van der Waals surface area (Å²) in [5.41, 5.74) is 3.20. The van der Waals surface area contributed by atoms with Gasteiger partial charge in [-0.25, -0.2) is 0 Å². The maximum absolute atomic E-state index is 4.13. The second-order valence-corrected chi connectivity index (χ2v) is 5.95. The maximum atomic E-state index is 4.13. The van der Waals surface area contributed by atoms with Crippen LogP contribution in [-0.4, -0.2) is 5.54 Å². The molecule has 1 fully saturated rings. The highest BCUT2D eigenvalue weighted by Crippen LogP contribution is 2.29. The van der Waals surface area contributed by atoms with Crippen LogP contribution in [0.3, 0.4) is 0 Å². The summed E-state index contributed by atoms with van der Waals surface area (Å²) in [5.74, 6) is 0. The smallest absolute Gasteiger partial charge is 0.102 e.